The number of rotatable bonds is 6. The van der Waals surface area contributed by atoms with Gasteiger partial charge in [0, 0.05) is 19.8 Å². The normalized spacial score (nSPS) is 13.0. The summed E-state index contributed by atoms with van der Waals surface area (Å²) in [6, 6.07) is 6.27. The van der Waals surface area contributed by atoms with Gasteiger partial charge in [-0.05, 0) is 36.6 Å². The molecule has 2 heterocycles. The molecule has 0 radical (unpaired) electrons. The number of amides is 1. The molecular weight excluding hydrogens is 440 g/mol. The molecule has 11 heteroatoms. The van der Waals surface area contributed by atoms with Gasteiger partial charge in [0.1, 0.15) is 16.2 Å². The highest BCUT2D eigenvalue weighted by molar-refractivity contribution is 8.00. The summed E-state index contributed by atoms with van der Waals surface area (Å²) in [5, 5.41) is 5.04. The molecule has 7 nitrogen and oxygen atoms in total. The number of hydrogen-bond acceptors (Lipinski definition) is 7. The number of fused-ring (bicyclic) bond motifs is 1. The van der Waals surface area contributed by atoms with Crippen molar-refractivity contribution in [3.05, 3.63) is 41.0 Å². The molecule has 0 saturated heterocycles. The van der Waals surface area contributed by atoms with E-state index in [-0.39, 0.29) is 15.8 Å². The zero-order chi connectivity index (χ0) is 20.5. The van der Waals surface area contributed by atoms with Gasteiger partial charge in [0.15, 0.2) is 0 Å². The van der Waals surface area contributed by atoms with Gasteiger partial charge in [0.25, 0.3) is 0 Å². The average Bonchev–Trinajstić information content (AvgIpc) is 3.12. The Morgan fingerprint density at radius 2 is 2.04 bits per heavy atom. The molecule has 0 spiro atoms. The number of carbonyl (C=O) groups excluding carboxylic acids is 1. The summed E-state index contributed by atoms with van der Waals surface area (Å²) in [4.78, 5) is 21.0. The number of anilines is 1. The maximum atomic E-state index is 12.6. The smallest absolute Gasteiger partial charge is 0.244 e. The minimum absolute atomic E-state index is 0.0617. The fourth-order valence-corrected chi connectivity index (χ4v) is 5.52. The molecular formula is C17H17ClN4O3S3. The maximum Gasteiger partial charge on any atom is 0.244 e. The molecule has 2 aromatic heterocycles. The van der Waals surface area contributed by atoms with Gasteiger partial charge < -0.3 is 5.32 Å². The standard InChI is InChI=1S/C17H17ClN4O3S3/c1-10(27-17-15-13(6-7-26-15)19-9-20-17)16(23)21-11-4-5-12(18)14(8-11)28(24,25)22(2)3/h4-10H,1-3H3,(H,21,23)/t10-/m1/s1. The molecule has 28 heavy (non-hydrogen) atoms. The quantitative estimate of drug-likeness (QED) is 0.449. The van der Waals surface area contributed by atoms with E-state index in [1.807, 2.05) is 11.4 Å². The average molecular weight is 457 g/mol. The van der Waals surface area contributed by atoms with Crippen LogP contribution in [0.25, 0.3) is 10.2 Å². The zero-order valence-corrected chi connectivity index (χ0v) is 18.4. The molecule has 1 atom stereocenters. The Hall–Kier alpha value is -1.72. The lowest BCUT2D eigenvalue weighted by Crippen LogP contribution is -2.24. The third kappa shape index (κ3) is 4.31. The van der Waals surface area contributed by atoms with Crippen LogP contribution in [0, 0.1) is 0 Å². The van der Waals surface area contributed by atoms with Crippen molar-refractivity contribution >= 4 is 66.5 Å². The second kappa shape index (κ2) is 8.34. The van der Waals surface area contributed by atoms with E-state index in [9.17, 15) is 13.2 Å². The van der Waals surface area contributed by atoms with Crippen LogP contribution in [-0.2, 0) is 14.8 Å². The van der Waals surface area contributed by atoms with Crippen LogP contribution >= 0.6 is 34.7 Å². The first-order valence-corrected chi connectivity index (χ1v) is 11.7. The van der Waals surface area contributed by atoms with E-state index in [4.69, 9.17) is 11.6 Å². The first-order chi connectivity index (χ1) is 13.2. The minimum Gasteiger partial charge on any atom is -0.325 e. The van der Waals surface area contributed by atoms with Gasteiger partial charge in [0.2, 0.25) is 15.9 Å². The SMILES string of the molecule is C[C@@H](Sc1ncnc2ccsc12)C(=O)Nc1ccc(Cl)c(S(=O)(=O)N(C)C)c1. The van der Waals surface area contributed by atoms with Crippen molar-refractivity contribution in [2.75, 3.05) is 19.4 Å². The highest BCUT2D eigenvalue weighted by atomic mass is 35.5. The van der Waals surface area contributed by atoms with Crippen molar-refractivity contribution in [3.63, 3.8) is 0 Å². The zero-order valence-electron chi connectivity index (χ0n) is 15.2. The Morgan fingerprint density at radius 1 is 1.29 bits per heavy atom. The molecule has 0 fully saturated rings. The molecule has 1 aromatic carbocycles. The number of thioether (sulfide) groups is 1. The fourth-order valence-electron chi connectivity index (χ4n) is 2.29. The van der Waals surface area contributed by atoms with Crippen LogP contribution in [0.3, 0.4) is 0 Å². The Bertz CT molecular complexity index is 1130. The molecule has 3 rings (SSSR count). The van der Waals surface area contributed by atoms with E-state index in [0.29, 0.717) is 5.69 Å². The number of carbonyl (C=O) groups is 1. The van der Waals surface area contributed by atoms with Crippen molar-refractivity contribution in [1.29, 1.82) is 0 Å². The highest BCUT2D eigenvalue weighted by Gasteiger charge is 2.23. The highest BCUT2D eigenvalue weighted by Crippen LogP contribution is 2.32. The first kappa shape index (κ1) is 21.0. The summed E-state index contributed by atoms with van der Waals surface area (Å²) in [6.07, 6.45) is 1.47. The summed E-state index contributed by atoms with van der Waals surface area (Å²) in [5.74, 6) is -0.274. The monoisotopic (exact) mass is 456 g/mol. The third-order valence-electron chi connectivity index (χ3n) is 3.83. The second-order valence-corrected chi connectivity index (χ2v) is 10.8. The van der Waals surface area contributed by atoms with Crippen LogP contribution in [0.2, 0.25) is 5.02 Å². The number of halogens is 1. The van der Waals surface area contributed by atoms with Crippen molar-refractivity contribution in [3.8, 4) is 0 Å². The molecule has 0 unspecified atom stereocenters. The van der Waals surface area contributed by atoms with Crippen molar-refractivity contribution in [1.82, 2.24) is 14.3 Å². The predicted molar refractivity (Wildman–Crippen MR) is 114 cm³/mol. The van der Waals surface area contributed by atoms with Crippen LogP contribution in [0.4, 0.5) is 5.69 Å². The van der Waals surface area contributed by atoms with E-state index in [1.54, 1.807) is 13.0 Å². The van der Waals surface area contributed by atoms with Crippen molar-refractivity contribution < 1.29 is 13.2 Å². The Balaban J connectivity index is 1.78. The molecule has 148 valence electrons. The number of benzene rings is 1. The molecule has 1 N–H and O–H groups in total. The lowest BCUT2D eigenvalue weighted by Gasteiger charge is -2.15. The summed E-state index contributed by atoms with van der Waals surface area (Å²) < 4.78 is 26.8. The van der Waals surface area contributed by atoms with Gasteiger partial charge in [-0.15, -0.1) is 11.3 Å². The Morgan fingerprint density at radius 3 is 2.75 bits per heavy atom. The van der Waals surface area contributed by atoms with Crippen LogP contribution in [0.1, 0.15) is 6.92 Å². The second-order valence-electron chi connectivity index (χ2n) is 6.00. The van der Waals surface area contributed by atoms with Crippen LogP contribution in [0.5, 0.6) is 0 Å². The van der Waals surface area contributed by atoms with Crippen LogP contribution in [0.15, 0.2) is 45.9 Å². The van der Waals surface area contributed by atoms with E-state index in [2.05, 4.69) is 15.3 Å². The van der Waals surface area contributed by atoms with Gasteiger partial charge in [0.05, 0.1) is 20.5 Å². The lowest BCUT2D eigenvalue weighted by atomic mass is 10.3. The number of nitrogens with zero attached hydrogens (tertiary/aromatic N) is 3. The molecule has 0 bridgehead atoms. The Labute approximate surface area is 176 Å². The van der Waals surface area contributed by atoms with E-state index in [1.165, 1.54) is 55.7 Å². The van der Waals surface area contributed by atoms with Crippen molar-refractivity contribution in [2.24, 2.45) is 0 Å². The largest absolute Gasteiger partial charge is 0.325 e. The molecule has 1 amide bonds. The molecule has 3 aromatic rings. The predicted octanol–water partition coefficient (Wildman–Crippen LogP) is 3.71. The third-order valence-corrected chi connectivity index (χ3v) is 8.26. The van der Waals surface area contributed by atoms with Gasteiger partial charge in [-0.1, -0.05) is 23.4 Å². The van der Waals surface area contributed by atoms with Crippen LogP contribution in [-0.4, -0.2) is 47.9 Å². The van der Waals surface area contributed by atoms with Crippen LogP contribution < -0.4 is 5.32 Å². The van der Waals surface area contributed by atoms with E-state index < -0.39 is 15.3 Å². The summed E-state index contributed by atoms with van der Waals surface area (Å²) >= 11 is 8.87. The van der Waals surface area contributed by atoms with Crippen molar-refractivity contribution in [2.45, 2.75) is 22.1 Å². The Kier molecular flexibility index (Phi) is 6.25. The summed E-state index contributed by atoms with van der Waals surface area (Å²) in [6.45, 7) is 1.76. The van der Waals surface area contributed by atoms with Gasteiger partial charge in [-0.3, -0.25) is 4.79 Å². The summed E-state index contributed by atoms with van der Waals surface area (Å²) in [5.41, 5.74) is 1.19. The van der Waals surface area contributed by atoms with Gasteiger partial charge >= 0.3 is 0 Å². The topological polar surface area (TPSA) is 92.3 Å². The number of aromatic nitrogens is 2. The first-order valence-electron chi connectivity index (χ1n) is 8.08. The number of hydrogen-bond donors (Lipinski definition) is 1. The summed E-state index contributed by atoms with van der Waals surface area (Å²) in [7, 11) is -0.885. The fraction of sp³-hybridized carbons (Fsp3) is 0.235. The number of sulfonamides is 1. The van der Waals surface area contributed by atoms with Gasteiger partial charge in [-0.2, -0.15) is 0 Å². The number of nitrogens with one attached hydrogen (secondary N) is 1. The van der Waals surface area contributed by atoms with E-state index >= 15 is 0 Å². The maximum absolute atomic E-state index is 12.6. The number of thiophene rings is 1. The van der Waals surface area contributed by atoms with Gasteiger partial charge in [-0.25, -0.2) is 22.7 Å². The molecule has 0 saturated carbocycles. The molecule has 0 aliphatic rings. The molecule has 0 aliphatic carbocycles. The minimum atomic E-state index is -3.72. The lowest BCUT2D eigenvalue weighted by molar-refractivity contribution is -0.115. The molecule has 0 aliphatic heterocycles. The van der Waals surface area contributed by atoms with E-state index in [0.717, 1.165) is 19.5 Å².